The lowest BCUT2D eigenvalue weighted by Gasteiger charge is -2.29. The molecule has 0 unspecified atom stereocenters. The lowest BCUT2D eigenvalue weighted by Crippen LogP contribution is -2.16. The van der Waals surface area contributed by atoms with Crippen LogP contribution in [0.1, 0.15) is 25.0 Å². The van der Waals surface area contributed by atoms with Gasteiger partial charge in [0.25, 0.3) is 0 Å². The van der Waals surface area contributed by atoms with Crippen molar-refractivity contribution in [2.75, 3.05) is 4.90 Å². The molecule has 0 saturated carbocycles. The predicted molar refractivity (Wildman–Crippen MR) is 317 cm³/mol. The molecular weight excluding hydrogens is 937 g/mol. The molecule has 0 spiro atoms. The van der Waals surface area contributed by atoms with Gasteiger partial charge in [-0.15, -0.1) is 0 Å². The Morgan fingerprint density at radius 2 is 0.779 bits per heavy atom. The standard InChI is InChI=1S/C72H50N4O/c1-72(2)62-29-16-15-27-59(62)68-63(72)30-18-31-64(68)76(57-38-33-50(34-39-57)47-19-7-3-8-20-47)58-40-35-51(36-41-58)53-37-42-60-66(46-53)77-65-32-17-28-61(67(60)65)71-74-69(52-25-13-6-14-26-52)73-70(75-71)56-44-54(48-21-9-4-10-22-48)43-55(45-56)49-23-11-5-12-24-49/h3-46H,1-2H3. The number of nitrogens with zero attached hydrogens (tertiary/aromatic N) is 4. The van der Waals surface area contributed by atoms with Crippen LogP contribution in [0.5, 0.6) is 0 Å². The Bertz CT molecular complexity index is 4260. The van der Waals surface area contributed by atoms with Crippen LogP contribution in [0, 0.1) is 0 Å². The second-order valence-corrected chi connectivity index (χ2v) is 20.4. The van der Waals surface area contributed by atoms with Crippen LogP contribution in [0.15, 0.2) is 271 Å². The third-order valence-corrected chi connectivity index (χ3v) is 15.3. The first-order valence-electron chi connectivity index (χ1n) is 26.2. The van der Waals surface area contributed by atoms with E-state index >= 15 is 0 Å². The fourth-order valence-electron chi connectivity index (χ4n) is 11.5. The van der Waals surface area contributed by atoms with Gasteiger partial charge in [-0.2, -0.15) is 0 Å². The zero-order valence-electron chi connectivity index (χ0n) is 42.6. The van der Waals surface area contributed by atoms with Crippen LogP contribution in [0.2, 0.25) is 0 Å². The van der Waals surface area contributed by atoms with Crippen molar-refractivity contribution in [3.05, 3.63) is 278 Å². The van der Waals surface area contributed by atoms with Crippen molar-refractivity contribution in [1.82, 2.24) is 15.0 Å². The van der Waals surface area contributed by atoms with E-state index in [1.165, 1.54) is 33.4 Å². The molecule has 2 aromatic heterocycles. The van der Waals surface area contributed by atoms with E-state index in [0.29, 0.717) is 17.5 Å². The summed E-state index contributed by atoms with van der Waals surface area (Å²) in [5.41, 5.74) is 21.6. The highest BCUT2D eigenvalue weighted by Crippen LogP contribution is 2.54. The number of hydrogen-bond acceptors (Lipinski definition) is 5. The Kier molecular flexibility index (Phi) is 11.1. The van der Waals surface area contributed by atoms with Crippen molar-refractivity contribution >= 4 is 39.0 Å². The van der Waals surface area contributed by atoms with Gasteiger partial charge in [0.2, 0.25) is 0 Å². The molecule has 11 aromatic carbocycles. The third kappa shape index (κ3) is 8.17. The number of hydrogen-bond donors (Lipinski definition) is 0. The number of anilines is 3. The van der Waals surface area contributed by atoms with Gasteiger partial charge in [-0.1, -0.05) is 214 Å². The topological polar surface area (TPSA) is 55.1 Å². The first-order chi connectivity index (χ1) is 37.9. The van der Waals surface area contributed by atoms with E-state index in [-0.39, 0.29) is 5.41 Å². The molecule has 1 aliphatic rings. The van der Waals surface area contributed by atoms with Crippen molar-refractivity contribution in [1.29, 1.82) is 0 Å². The zero-order valence-corrected chi connectivity index (χ0v) is 42.6. The zero-order chi connectivity index (χ0) is 51.5. The van der Waals surface area contributed by atoms with Gasteiger partial charge in [-0.3, -0.25) is 0 Å². The van der Waals surface area contributed by atoms with Gasteiger partial charge >= 0.3 is 0 Å². The average Bonchev–Trinajstić information content (AvgIpc) is 4.14. The van der Waals surface area contributed by atoms with Gasteiger partial charge in [0.1, 0.15) is 11.2 Å². The summed E-state index contributed by atoms with van der Waals surface area (Å²) in [6.45, 7) is 4.68. The van der Waals surface area contributed by atoms with E-state index in [4.69, 9.17) is 19.4 Å². The van der Waals surface area contributed by atoms with E-state index in [0.717, 1.165) is 89.1 Å². The van der Waals surface area contributed by atoms with E-state index in [2.05, 4.69) is 243 Å². The predicted octanol–water partition coefficient (Wildman–Crippen LogP) is 19.2. The molecule has 0 atom stereocenters. The molecule has 13 aromatic rings. The summed E-state index contributed by atoms with van der Waals surface area (Å²) in [5, 5.41) is 1.94. The minimum Gasteiger partial charge on any atom is -0.456 e. The van der Waals surface area contributed by atoms with E-state index in [1.807, 2.05) is 42.5 Å². The Morgan fingerprint density at radius 1 is 0.325 bits per heavy atom. The van der Waals surface area contributed by atoms with Gasteiger partial charge in [0.05, 0.1) is 5.69 Å². The minimum absolute atomic E-state index is 0.132. The van der Waals surface area contributed by atoms with Gasteiger partial charge < -0.3 is 9.32 Å². The molecule has 14 rings (SSSR count). The highest BCUT2D eigenvalue weighted by Gasteiger charge is 2.37. The van der Waals surface area contributed by atoms with Crippen molar-refractivity contribution in [2.24, 2.45) is 0 Å². The average molecular weight is 987 g/mol. The van der Waals surface area contributed by atoms with Crippen LogP contribution in [-0.4, -0.2) is 15.0 Å². The molecule has 0 radical (unpaired) electrons. The third-order valence-electron chi connectivity index (χ3n) is 15.3. The molecule has 0 bridgehead atoms. The van der Waals surface area contributed by atoms with Gasteiger partial charge in [-0.25, -0.2) is 15.0 Å². The minimum atomic E-state index is -0.132. The molecule has 0 saturated heterocycles. The molecule has 77 heavy (non-hydrogen) atoms. The maximum Gasteiger partial charge on any atom is 0.164 e. The van der Waals surface area contributed by atoms with Crippen LogP contribution in [-0.2, 0) is 5.41 Å². The number of benzene rings is 11. The Morgan fingerprint density at radius 3 is 1.40 bits per heavy atom. The number of furan rings is 1. The van der Waals surface area contributed by atoms with Gasteiger partial charge in [0, 0.05) is 49.8 Å². The highest BCUT2D eigenvalue weighted by atomic mass is 16.3. The molecule has 0 fully saturated rings. The van der Waals surface area contributed by atoms with Gasteiger partial charge in [0.15, 0.2) is 17.5 Å². The summed E-state index contributed by atoms with van der Waals surface area (Å²) in [4.78, 5) is 18.1. The van der Waals surface area contributed by atoms with Gasteiger partial charge in [-0.05, 0) is 128 Å². The summed E-state index contributed by atoms with van der Waals surface area (Å²) in [5.74, 6) is 1.76. The number of aromatic nitrogens is 3. The number of fused-ring (bicyclic) bond motifs is 6. The van der Waals surface area contributed by atoms with Crippen molar-refractivity contribution in [3.63, 3.8) is 0 Å². The fourth-order valence-corrected chi connectivity index (χ4v) is 11.5. The quantitative estimate of drug-likeness (QED) is 0.137. The van der Waals surface area contributed by atoms with Crippen molar-refractivity contribution in [3.8, 4) is 89.8 Å². The molecule has 0 amide bonds. The van der Waals surface area contributed by atoms with Crippen LogP contribution < -0.4 is 4.90 Å². The number of rotatable bonds is 10. The molecule has 1 aliphatic carbocycles. The lowest BCUT2D eigenvalue weighted by atomic mass is 9.82. The molecule has 0 N–H and O–H groups in total. The second-order valence-electron chi connectivity index (χ2n) is 20.4. The maximum absolute atomic E-state index is 6.76. The second kappa shape index (κ2) is 18.8. The summed E-state index contributed by atoms with van der Waals surface area (Å²) in [6, 6.07) is 94.5. The molecule has 5 heteroatoms. The van der Waals surface area contributed by atoms with Crippen molar-refractivity contribution in [2.45, 2.75) is 19.3 Å². The highest BCUT2D eigenvalue weighted by molar-refractivity contribution is 6.12. The summed E-state index contributed by atoms with van der Waals surface area (Å²) < 4.78 is 6.76. The SMILES string of the molecule is CC1(C)c2ccccc2-c2c(N(c3ccc(-c4ccccc4)cc3)c3ccc(-c4ccc5c(c4)oc4cccc(-c6nc(-c7ccccc7)nc(-c7cc(-c8ccccc8)cc(-c8ccccc8)c7)n6)c45)cc3)cccc21. The first-order valence-corrected chi connectivity index (χ1v) is 26.2. The van der Waals surface area contributed by atoms with E-state index in [9.17, 15) is 0 Å². The molecule has 364 valence electrons. The lowest BCUT2D eigenvalue weighted by molar-refractivity contribution is 0.660. The molecular formula is C72H50N4O. The smallest absolute Gasteiger partial charge is 0.164 e. The van der Waals surface area contributed by atoms with E-state index < -0.39 is 0 Å². The summed E-state index contributed by atoms with van der Waals surface area (Å²) in [6.07, 6.45) is 0. The Balaban J connectivity index is 0.860. The normalized spacial score (nSPS) is 12.4. The Hall–Kier alpha value is -9.97. The van der Waals surface area contributed by atoms with Crippen LogP contribution in [0.3, 0.4) is 0 Å². The Labute approximate surface area is 448 Å². The summed E-state index contributed by atoms with van der Waals surface area (Å²) >= 11 is 0. The summed E-state index contributed by atoms with van der Waals surface area (Å²) in [7, 11) is 0. The van der Waals surface area contributed by atoms with Crippen molar-refractivity contribution < 1.29 is 4.42 Å². The monoisotopic (exact) mass is 986 g/mol. The van der Waals surface area contributed by atoms with Crippen LogP contribution in [0.25, 0.3) is 112 Å². The van der Waals surface area contributed by atoms with E-state index in [1.54, 1.807) is 0 Å². The molecule has 5 nitrogen and oxygen atoms in total. The first kappa shape index (κ1) is 45.6. The largest absolute Gasteiger partial charge is 0.456 e. The molecule has 2 heterocycles. The van der Waals surface area contributed by atoms with Crippen LogP contribution >= 0.6 is 0 Å². The maximum atomic E-state index is 6.76. The van der Waals surface area contributed by atoms with Crippen LogP contribution in [0.4, 0.5) is 17.1 Å². The fraction of sp³-hybridized carbons (Fsp3) is 0.0417. The molecule has 0 aliphatic heterocycles.